The number of carbonyl (C=O) groups excluding carboxylic acids is 1. The fourth-order valence-electron chi connectivity index (χ4n) is 2.54. The van der Waals surface area contributed by atoms with Crippen LogP contribution >= 0.6 is 0 Å². The Hall–Kier alpha value is -2.30. The molecule has 0 aliphatic carbocycles. The van der Waals surface area contributed by atoms with Crippen molar-refractivity contribution in [2.45, 2.75) is 66.0 Å². The quantitative estimate of drug-likeness (QED) is 0.808. The van der Waals surface area contributed by atoms with Crippen LogP contribution in [0.1, 0.15) is 57.6 Å². The number of aryl methyl sites for hydroxylation is 2. The average molecular weight is 343 g/mol. The molecule has 1 heterocycles. The third-order valence-electron chi connectivity index (χ3n) is 3.73. The minimum Gasteiger partial charge on any atom is -0.443 e. The number of unbranched alkanes of at least 4 members (excludes halogenated alkanes) is 1. The molecular weight excluding hydrogens is 314 g/mol. The molecule has 2 aromatic rings. The van der Waals surface area contributed by atoms with Crippen molar-refractivity contribution in [3.8, 4) is 0 Å². The van der Waals surface area contributed by atoms with Gasteiger partial charge in [0.15, 0.2) is 0 Å². The van der Waals surface area contributed by atoms with Gasteiger partial charge in [0.05, 0.1) is 18.4 Å². The van der Waals surface area contributed by atoms with Crippen LogP contribution in [0.15, 0.2) is 30.5 Å². The summed E-state index contributed by atoms with van der Waals surface area (Å²) in [6.07, 6.45) is 4.21. The summed E-state index contributed by atoms with van der Waals surface area (Å²) in [6.45, 7) is 10.3. The van der Waals surface area contributed by atoms with E-state index in [-0.39, 0.29) is 6.09 Å². The number of imidazole rings is 1. The zero-order valence-corrected chi connectivity index (χ0v) is 15.9. The van der Waals surface area contributed by atoms with Crippen molar-refractivity contribution in [2.75, 3.05) is 5.32 Å². The Morgan fingerprint density at radius 1 is 1.32 bits per heavy atom. The molecular formula is C20H29N3O2. The number of ether oxygens (including phenoxy) is 1. The van der Waals surface area contributed by atoms with Gasteiger partial charge in [-0.2, -0.15) is 0 Å². The van der Waals surface area contributed by atoms with E-state index in [1.807, 2.05) is 32.9 Å². The van der Waals surface area contributed by atoms with Gasteiger partial charge in [-0.15, -0.1) is 0 Å². The van der Waals surface area contributed by atoms with E-state index in [0.717, 1.165) is 36.5 Å². The number of hydrogen-bond acceptors (Lipinski definition) is 4. The maximum atomic E-state index is 12.7. The number of nitrogens with zero attached hydrogens (tertiary/aromatic N) is 2. The zero-order chi connectivity index (χ0) is 18.4. The molecule has 0 aliphatic heterocycles. The predicted molar refractivity (Wildman–Crippen MR) is 101 cm³/mol. The Balaban J connectivity index is 2.21. The fourth-order valence-corrected chi connectivity index (χ4v) is 2.54. The van der Waals surface area contributed by atoms with Crippen molar-refractivity contribution >= 4 is 11.8 Å². The lowest BCUT2D eigenvalue weighted by Crippen LogP contribution is -2.29. The van der Waals surface area contributed by atoms with Gasteiger partial charge in [-0.05, 0) is 51.8 Å². The molecule has 0 aliphatic rings. The van der Waals surface area contributed by atoms with Crippen molar-refractivity contribution in [1.29, 1.82) is 0 Å². The summed E-state index contributed by atoms with van der Waals surface area (Å²) in [6, 6.07) is 8.15. The number of hydrogen-bond donors (Lipinski definition) is 1. The summed E-state index contributed by atoms with van der Waals surface area (Å²) in [5.41, 5.74) is 2.48. The van der Waals surface area contributed by atoms with Crippen molar-refractivity contribution in [3.63, 3.8) is 0 Å². The SMILES string of the molecule is CCCCc1ncc(CNc2cccc(C)c2)n1C(=O)OC(C)(C)C. The molecule has 0 bridgehead atoms. The highest BCUT2D eigenvalue weighted by Gasteiger charge is 2.22. The first-order valence-electron chi connectivity index (χ1n) is 8.89. The van der Waals surface area contributed by atoms with Crippen LogP contribution in [0.5, 0.6) is 0 Å². The third-order valence-corrected chi connectivity index (χ3v) is 3.73. The molecule has 136 valence electrons. The third kappa shape index (κ3) is 5.62. The maximum absolute atomic E-state index is 12.7. The Morgan fingerprint density at radius 2 is 2.08 bits per heavy atom. The molecule has 1 N–H and O–H groups in total. The van der Waals surface area contributed by atoms with E-state index in [2.05, 4.69) is 36.3 Å². The molecule has 0 spiro atoms. The van der Waals surface area contributed by atoms with Gasteiger partial charge in [0.25, 0.3) is 0 Å². The molecule has 0 fully saturated rings. The predicted octanol–water partition coefficient (Wildman–Crippen LogP) is 4.93. The molecule has 1 aromatic heterocycles. The molecule has 0 unspecified atom stereocenters. The Morgan fingerprint density at radius 3 is 2.72 bits per heavy atom. The second-order valence-corrected chi connectivity index (χ2v) is 7.31. The zero-order valence-electron chi connectivity index (χ0n) is 15.9. The Labute approximate surface area is 150 Å². The number of nitrogens with one attached hydrogen (secondary N) is 1. The molecule has 0 atom stereocenters. The second-order valence-electron chi connectivity index (χ2n) is 7.31. The topological polar surface area (TPSA) is 56.2 Å². The van der Waals surface area contributed by atoms with Crippen LogP contribution in [0, 0.1) is 6.92 Å². The van der Waals surface area contributed by atoms with Gasteiger partial charge in [0, 0.05) is 12.1 Å². The minimum atomic E-state index is -0.537. The van der Waals surface area contributed by atoms with E-state index in [9.17, 15) is 4.79 Å². The summed E-state index contributed by atoms with van der Waals surface area (Å²) >= 11 is 0. The van der Waals surface area contributed by atoms with Crippen molar-refractivity contribution in [3.05, 3.63) is 47.5 Å². The number of benzene rings is 1. The average Bonchev–Trinajstić information content (AvgIpc) is 2.92. The minimum absolute atomic E-state index is 0.364. The van der Waals surface area contributed by atoms with Gasteiger partial charge in [0.2, 0.25) is 0 Å². The standard InChI is InChI=1S/C20H29N3O2/c1-6-7-11-18-22-14-17(23(18)19(24)25-20(3,4)5)13-21-16-10-8-9-15(2)12-16/h8-10,12,14,21H,6-7,11,13H2,1-5H3. The smallest absolute Gasteiger partial charge is 0.420 e. The summed E-state index contributed by atoms with van der Waals surface area (Å²) < 4.78 is 7.19. The maximum Gasteiger partial charge on any atom is 0.420 e. The highest BCUT2D eigenvalue weighted by Crippen LogP contribution is 2.17. The van der Waals surface area contributed by atoms with Crippen LogP contribution in [-0.2, 0) is 17.7 Å². The van der Waals surface area contributed by atoms with Crippen LogP contribution in [0.4, 0.5) is 10.5 Å². The van der Waals surface area contributed by atoms with E-state index in [1.165, 1.54) is 5.56 Å². The molecule has 25 heavy (non-hydrogen) atoms. The van der Waals surface area contributed by atoms with Crippen LogP contribution in [-0.4, -0.2) is 21.2 Å². The fraction of sp³-hybridized carbons (Fsp3) is 0.500. The lowest BCUT2D eigenvalue weighted by molar-refractivity contribution is 0.0527. The van der Waals surface area contributed by atoms with Crippen molar-refractivity contribution in [2.24, 2.45) is 0 Å². The normalized spacial score (nSPS) is 11.4. The Bertz CT molecular complexity index is 714. The van der Waals surface area contributed by atoms with Crippen LogP contribution in [0.2, 0.25) is 0 Å². The van der Waals surface area contributed by atoms with Gasteiger partial charge >= 0.3 is 6.09 Å². The first-order valence-corrected chi connectivity index (χ1v) is 8.89. The molecule has 5 nitrogen and oxygen atoms in total. The van der Waals surface area contributed by atoms with E-state index in [0.29, 0.717) is 6.54 Å². The largest absolute Gasteiger partial charge is 0.443 e. The number of aromatic nitrogens is 2. The van der Waals surface area contributed by atoms with E-state index in [1.54, 1.807) is 10.8 Å². The molecule has 0 saturated heterocycles. The van der Waals surface area contributed by atoms with E-state index in [4.69, 9.17) is 4.74 Å². The van der Waals surface area contributed by atoms with Gasteiger partial charge in [-0.3, -0.25) is 0 Å². The van der Waals surface area contributed by atoms with Gasteiger partial charge in [-0.25, -0.2) is 14.3 Å². The second kappa shape index (κ2) is 8.19. The first-order chi connectivity index (χ1) is 11.8. The van der Waals surface area contributed by atoms with Crippen LogP contribution < -0.4 is 5.32 Å². The highest BCUT2D eigenvalue weighted by atomic mass is 16.6. The van der Waals surface area contributed by atoms with E-state index < -0.39 is 5.60 Å². The van der Waals surface area contributed by atoms with Gasteiger partial charge < -0.3 is 10.1 Å². The summed E-state index contributed by atoms with van der Waals surface area (Å²) in [5.74, 6) is 0.761. The van der Waals surface area contributed by atoms with Crippen molar-refractivity contribution in [1.82, 2.24) is 9.55 Å². The van der Waals surface area contributed by atoms with Crippen LogP contribution in [0.25, 0.3) is 0 Å². The number of carbonyl (C=O) groups is 1. The van der Waals surface area contributed by atoms with Crippen LogP contribution in [0.3, 0.4) is 0 Å². The lowest BCUT2D eigenvalue weighted by atomic mass is 10.2. The first kappa shape index (κ1) is 19.0. The van der Waals surface area contributed by atoms with Gasteiger partial charge in [0.1, 0.15) is 11.4 Å². The number of rotatable bonds is 6. The monoisotopic (exact) mass is 343 g/mol. The summed E-state index contributed by atoms with van der Waals surface area (Å²) in [5, 5.41) is 3.36. The van der Waals surface area contributed by atoms with Gasteiger partial charge in [-0.1, -0.05) is 25.5 Å². The molecule has 5 heteroatoms. The number of anilines is 1. The lowest BCUT2D eigenvalue weighted by Gasteiger charge is -2.21. The molecule has 0 radical (unpaired) electrons. The molecule has 2 rings (SSSR count). The highest BCUT2D eigenvalue weighted by molar-refractivity contribution is 5.72. The Kier molecular flexibility index (Phi) is 6.23. The van der Waals surface area contributed by atoms with E-state index >= 15 is 0 Å². The molecule has 0 amide bonds. The molecule has 0 saturated carbocycles. The van der Waals surface area contributed by atoms with Crippen molar-refractivity contribution < 1.29 is 9.53 Å². The molecule has 1 aromatic carbocycles. The summed E-state index contributed by atoms with van der Waals surface area (Å²) in [4.78, 5) is 17.1. The summed E-state index contributed by atoms with van der Waals surface area (Å²) in [7, 11) is 0.